The van der Waals surface area contributed by atoms with E-state index in [1.165, 1.54) is 0 Å². The minimum atomic E-state index is -1.16. The molecule has 0 spiro atoms. The van der Waals surface area contributed by atoms with E-state index < -0.39 is 23.5 Å². The second-order valence-corrected chi connectivity index (χ2v) is 2.75. The molecule has 1 saturated heterocycles. The summed E-state index contributed by atoms with van der Waals surface area (Å²) in [6.45, 7) is 3.34. The van der Waals surface area contributed by atoms with E-state index in [1.807, 2.05) is 0 Å². The van der Waals surface area contributed by atoms with E-state index in [1.54, 1.807) is 13.8 Å². The molecule has 1 heterocycles. The largest absolute Gasteiger partial charge is 0.457 e. The first-order chi connectivity index (χ1) is 5.49. The monoisotopic (exact) mass is 168 g/mol. The van der Waals surface area contributed by atoms with Gasteiger partial charge < -0.3 is 9.47 Å². The molecule has 2 radical (unpaired) electrons. The van der Waals surface area contributed by atoms with Crippen molar-refractivity contribution in [3.63, 3.8) is 0 Å². The highest BCUT2D eigenvalue weighted by Crippen LogP contribution is 2.23. The molecule has 0 saturated carbocycles. The fourth-order valence-electron chi connectivity index (χ4n) is 0.965. The van der Waals surface area contributed by atoms with E-state index in [9.17, 15) is 9.59 Å². The van der Waals surface area contributed by atoms with Gasteiger partial charge in [0.2, 0.25) is 0 Å². The van der Waals surface area contributed by atoms with Crippen LogP contribution in [0.15, 0.2) is 0 Å². The second kappa shape index (κ2) is 2.81. The van der Waals surface area contributed by atoms with Crippen LogP contribution in [0, 0.1) is 0 Å². The van der Waals surface area contributed by atoms with Crippen molar-refractivity contribution in [2.24, 2.45) is 0 Å². The number of carbonyl (C=O) groups excluding carboxylic acids is 2. The number of cyclic esters (lactones) is 2. The maximum Gasteiger partial charge on any atom is 0.417 e. The molecule has 12 heavy (non-hydrogen) atoms. The van der Waals surface area contributed by atoms with Crippen LogP contribution in [0.25, 0.3) is 0 Å². The van der Waals surface area contributed by atoms with Crippen LogP contribution >= 0.6 is 0 Å². The first kappa shape index (κ1) is 9.10. The highest BCUT2D eigenvalue weighted by molar-refractivity contribution is 6.32. The predicted octanol–water partition coefficient (Wildman–Crippen LogP) is -0.250. The van der Waals surface area contributed by atoms with Crippen molar-refractivity contribution in [2.45, 2.75) is 31.9 Å². The summed E-state index contributed by atoms with van der Waals surface area (Å²) in [5.74, 6) is -1.99. The Balaban J connectivity index is 2.81. The molecule has 2 atom stereocenters. The van der Waals surface area contributed by atoms with Crippen LogP contribution < -0.4 is 0 Å². The molecule has 4 nitrogen and oxygen atoms in total. The Labute approximate surface area is 71.6 Å². The molecule has 64 valence electrons. The first-order valence-corrected chi connectivity index (χ1v) is 3.72. The lowest BCUT2D eigenvalue weighted by molar-refractivity contribution is -0.199. The molecule has 0 aliphatic carbocycles. The molecular weight excluding hydrogens is 159 g/mol. The van der Waals surface area contributed by atoms with Crippen molar-refractivity contribution in [1.82, 2.24) is 0 Å². The number of carbonyl (C=O) groups is 2. The average molecular weight is 168 g/mol. The van der Waals surface area contributed by atoms with Gasteiger partial charge in [0, 0.05) is 0 Å². The van der Waals surface area contributed by atoms with Gasteiger partial charge in [-0.15, -0.1) is 0 Å². The average Bonchev–Trinajstić information content (AvgIpc) is 2.01. The quantitative estimate of drug-likeness (QED) is 0.307. The van der Waals surface area contributed by atoms with Gasteiger partial charge in [-0.25, -0.2) is 9.59 Å². The molecule has 0 bridgehead atoms. The Hall–Kier alpha value is -0.995. The van der Waals surface area contributed by atoms with Crippen molar-refractivity contribution in [1.29, 1.82) is 0 Å². The lowest BCUT2D eigenvalue weighted by Gasteiger charge is -2.37. The minimum Gasteiger partial charge on any atom is -0.457 e. The summed E-state index contributed by atoms with van der Waals surface area (Å²) < 4.78 is 9.38. The number of hydrogen-bond acceptors (Lipinski definition) is 4. The highest BCUT2D eigenvalue weighted by Gasteiger charge is 2.43. The number of rotatable bonds is 1. The van der Waals surface area contributed by atoms with E-state index >= 15 is 0 Å². The highest BCUT2D eigenvalue weighted by atomic mass is 16.7. The Bertz CT molecular complexity index is 227. The van der Waals surface area contributed by atoms with Crippen LogP contribution in [0.5, 0.6) is 0 Å². The third-order valence-corrected chi connectivity index (χ3v) is 1.97. The van der Waals surface area contributed by atoms with Crippen LogP contribution in [0.1, 0.15) is 20.3 Å². The Morgan fingerprint density at radius 3 is 2.58 bits per heavy atom. The second-order valence-electron chi connectivity index (χ2n) is 2.75. The van der Waals surface area contributed by atoms with Gasteiger partial charge in [0.1, 0.15) is 19.5 Å². The number of hydrogen-bond donors (Lipinski definition) is 0. The molecule has 0 amide bonds. The van der Waals surface area contributed by atoms with E-state index in [2.05, 4.69) is 4.74 Å². The van der Waals surface area contributed by atoms with E-state index in [0.717, 1.165) is 0 Å². The summed E-state index contributed by atoms with van der Waals surface area (Å²) in [7, 11) is 5.63. The third-order valence-electron chi connectivity index (χ3n) is 1.97. The maximum atomic E-state index is 10.7. The van der Waals surface area contributed by atoms with Crippen LogP contribution in [-0.4, -0.2) is 31.4 Å². The number of esters is 2. The van der Waals surface area contributed by atoms with Crippen molar-refractivity contribution in [3.8, 4) is 0 Å². The van der Waals surface area contributed by atoms with Gasteiger partial charge >= 0.3 is 11.9 Å². The van der Waals surface area contributed by atoms with Crippen molar-refractivity contribution in [2.75, 3.05) is 0 Å². The minimum absolute atomic E-state index is 0.410. The smallest absolute Gasteiger partial charge is 0.417 e. The third kappa shape index (κ3) is 1.31. The maximum absolute atomic E-state index is 10.7. The molecule has 1 aliphatic heterocycles. The van der Waals surface area contributed by atoms with Gasteiger partial charge in [-0.3, -0.25) is 0 Å². The molecule has 1 aliphatic rings. The lowest BCUT2D eigenvalue weighted by Crippen LogP contribution is -2.53. The Morgan fingerprint density at radius 2 is 2.08 bits per heavy atom. The molecule has 0 aromatic carbocycles. The van der Waals surface area contributed by atoms with Gasteiger partial charge in [0.05, 0.1) is 0 Å². The van der Waals surface area contributed by atoms with Crippen LogP contribution in [-0.2, 0) is 19.1 Å². The fraction of sp³-hybridized carbons (Fsp3) is 0.714. The van der Waals surface area contributed by atoms with Gasteiger partial charge in [-0.1, -0.05) is 6.92 Å². The molecule has 5 heteroatoms. The summed E-state index contributed by atoms with van der Waals surface area (Å²) in [6.07, 6.45) is -0.180. The SMILES string of the molecule is [B]C1(CC)OC(=O)C(=O)OC1C. The normalized spacial score (nSPS) is 35.7. The van der Waals surface area contributed by atoms with E-state index in [4.69, 9.17) is 12.6 Å². The van der Waals surface area contributed by atoms with Gasteiger partial charge in [-0.2, -0.15) is 0 Å². The van der Waals surface area contributed by atoms with Crippen molar-refractivity contribution >= 4 is 19.8 Å². The molecule has 0 aromatic heterocycles. The molecule has 1 fully saturated rings. The number of ether oxygens (including phenoxy) is 2. The van der Waals surface area contributed by atoms with Crippen molar-refractivity contribution < 1.29 is 19.1 Å². The predicted molar refractivity (Wildman–Crippen MR) is 40.4 cm³/mol. The zero-order chi connectivity index (χ0) is 9.35. The van der Waals surface area contributed by atoms with E-state index in [0.29, 0.717) is 6.42 Å². The summed E-state index contributed by atoms with van der Waals surface area (Å²) in [4.78, 5) is 21.4. The topological polar surface area (TPSA) is 52.6 Å². The van der Waals surface area contributed by atoms with E-state index in [-0.39, 0.29) is 0 Å². The van der Waals surface area contributed by atoms with Gasteiger partial charge in [-0.05, 0) is 13.3 Å². The van der Waals surface area contributed by atoms with Crippen LogP contribution in [0.3, 0.4) is 0 Å². The molecule has 1 rings (SSSR count). The van der Waals surface area contributed by atoms with Gasteiger partial charge in [0.25, 0.3) is 0 Å². The Morgan fingerprint density at radius 1 is 1.50 bits per heavy atom. The Kier molecular flexibility index (Phi) is 2.13. The summed E-state index contributed by atoms with van der Waals surface area (Å²) in [5, 5.41) is 0. The molecule has 2 unspecified atom stereocenters. The molecule has 0 N–H and O–H groups in total. The van der Waals surface area contributed by atoms with Crippen molar-refractivity contribution in [3.05, 3.63) is 0 Å². The summed E-state index contributed by atoms with van der Waals surface area (Å²) >= 11 is 0. The first-order valence-electron chi connectivity index (χ1n) is 3.72. The lowest BCUT2D eigenvalue weighted by atomic mass is 9.74. The zero-order valence-electron chi connectivity index (χ0n) is 6.99. The zero-order valence-corrected chi connectivity index (χ0v) is 6.99. The van der Waals surface area contributed by atoms with Crippen LogP contribution in [0.4, 0.5) is 0 Å². The van der Waals surface area contributed by atoms with Crippen LogP contribution in [0.2, 0.25) is 0 Å². The summed E-state index contributed by atoms with van der Waals surface area (Å²) in [6, 6.07) is 0. The van der Waals surface area contributed by atoms with Gasteiger partial charge in [0.15, 0.2) is 0 Å². The summed E-state index contributed by atoms with van der Waals surface area (Å²) in [5.41, 5.74) is -1.16. The molecule has 0 aromatic rings. The fourth-order valence-corrected chi connectivity index (χ4v) is 0.965. The molecular formula is C7H9BO4. The standard InChI is InChI=1S/C7H9BO4/c1-3-7(8)4(2)11-5(9)6(10)12-7/h4H,3H2,1-2H3.